The van der Waals surface area contributed by atoms with Gasteiger partial charge in [0.1, 0.15) is 0 Å². The fourth-order valence-corrected chi connectivity index (χ4v) is 2.68. The summed E-state index contributed by atoms with van der Waals surface area (Å²) in [7, 11) is 0. The summed E-state index contributed by atoms with van der Waals surface area (Å²) in [6.45, 7) is 14.3. The van der Waals surface area contributed by atoms with Gasteiger partial charge in [0.25, 0.3) is 0 Å². The molecule has 2 fully saturated rings. The van der Waals surface area contributed by atoms with Crippen molar-refractivity contribution in [2.24, 2.45) is 23.7 Å². The zero-order chi connectivity index (χ0) is 11.9. The van der Waals surface area contributed by atoms with Crippen LogP contribution in [0, 0.1) is 30.2 Å². The smallest absolute Gasteiger partial charge is 0.289 e. The van der Waals surface area contributed by atoms with Crippen molar-refractivity contribution >= 4 is 5.91 Å². The average Bonchev–Trinajstić information content (AvgIpc) is 2.98. The van der Waals surface area contributed by atoms with Crippen molar-refractivity contribution in [2.75, 3.05) is 6.54 Å². The van der Waals surface area contributed by atoms with Gasteiger partial charge in [-0.2, -0.15) is 0 Å². The van der Waals surface area contributed by atoms with Gasteiger partial charge in [0, 0.05) is 12.5 Å². The molecule has 1 heterocycles. The van der Waals surface area contributed by atoms with Crippen LogP contribution in [0.1, 0.15) is 33.6 Å². The summed E-state index contributed by atoms with van der Waals surface area (Å²) in [6.07, 6.45) is 2.04. The van der Waals surface area contributed by atoms with E-state index in [2.05, 4.69) is 18.7 Å². The number of carbonyl (C=O) groups is 1. The van der Waals surface area contributed by atoms with Crippen LogP contribution in [0.4, 0.5) is 0 Å². The van der Waals surface area contributed by atoms with Crippen LogP contribution in [-0.4, -0.2) is 23.5 Å². The second-order valence-electron chi connectivity index (χ2n) is 5.37. The van der Waals surface area contributed by atoms with E-state index < -0.39 is 0 Å². The van der Waals surface area contributed by atoms with Gasteiger partial charge in [-0.05, 0) is 18.3 Å². The van der Waals surface area contributed by atoms with Gasteiger partial charge in [0.2, 0.25) is 5.91 Å². The number of likely N-dealkylation sites (tertiary alicyclic amines) is 1. The molecule has 5 atom stereocenters. The molecule has 1 unspecified atom stereocenters. The van der Waals surface area contributed by atoms with Crippen molar-refractivity contribution < 1.29 is 4.79 Å². The van der Waals surface area contributed by atoms with E-state index in [4.69, 9.17) is 6.57 Å². The van der Waals surface area contributed by atoms with Crippen LogP contribution in [0.5, 0.6) is 0 Å². The predicted octanol–water partition coefficient (Wildman–Crippen LogP) is 2.39. The van der Waals surface area contributed by atoms with Crippen LogP contribution >= 0.6 is 0 Å². The number of piperidine rings is 1. The van der Waals surface area contributed by atoms with E-state index in [-0.39, 0.29) is 18.0 Å². The quantitative estimate of drug-likeness (QED) is 0.670. The Bertz CT molecular complexity index is 333. The van der Waals surface area contributed by atoms with Crippen LogP contribution in [0.3, 0.4) is 0 Å². The van der Waals surface area contributed by atoms with Gasteiger partial charge in [0.05, 0.1) is 5.92 Å². The summed E-state index contributed by atoms with van der Waals surface area (Å²) < 4.78 is 0. The highest BCUT2D eigenvalue weighted by Gasteiger charge is 2.59. The van der Waals surface area contributed by atoms with Gasteiger partial charge >= 0.3 is 6.17 Å². The van der Waals surface area contributed by atoms with Crippen molar-refractivity contribution in [3.05, 3.63) is 11.4 Å². The summed E-state index contributed by atoms with van der Waals surface area (Å²) in [4.78, 5) is 17.7. The van der Waals surface area contributed by atoms with Crippen LogP contribution < -0.4 is 0 Å². The van der Waals surface area contributed by atoms with Crippen molar-refractivity contribution in [1.29, 1.82) is 0 Å². The molecule has 3 heteroatoms. The molecule has 0 aromatic heterocycles. The van der Waals surface area contributed by atoms with E-state index >= 15 is 0 Å². The highest BCUT2D eigenvalue weighted by molar-refractivity contribution is 5.80. The Morgan fingerprint density at radius 2 is 2.25 bits per heavy atom. The monoisotopic (exact) mass is 220 g/mol. The Morgan fingerprint density at radius 1 is 1.56 bits per heavy atom. The lowest BCUT2D eigenvalue weighted by atomic mass is 9.92. The lowest BCUT2D eigenvalue weighted by Gasteiger charge is -2.25. The molecule has 2 rings (SSSR count). The van der Waals surface area contributed by atoms with E-state index in [0.717, 1.165) is 19.4 Å². The number of carbonyl (C=O) groups excluding carboxylic acids is 1. The van der Waals surface area contributed by atoms with Crippen LogP contribution in [0.25, 0.3) is 4.85 Å². The predicted molar refractivity (Wildman–Crippen MR) is 62.3 cm³/mol. The first kappa shape index (κ1) is 11.4. The molecule has 0 N–H and O–H groups in total. The lowest BCUT2D eigenvalue weighted by molar-refractivity contribution is -0.137. The van der Waals surface area contributed by atoms with E-state index in [9.17, 15) is 4.79 Å². The summed E-state index contributed by atoms with van der Waals surface area (Å²) >= 11 is 0. The highest BCUT2D eigenvalue weighted by atomic mass is 16.2. The van der Waals surface area contributed by atoms with E-state index in [1.807, 2.05) is 11.8 Å². The first-order valence-electron chi connectivity index (χ1n) is 6.27. The van der Waals surface area contributed by atoms with E-state index in [1.54, 1.807) is 0 Å². The standard InChI is InChI=1S/C13H20N2O/c1-5-8(2)9(3)13(16)15-7-10-6-11(10)12(15)14-4/h8-12H,5-7H2,1-3H3/t8?,9-,10+,11+,12-/m0/s1. The Labute approximate surface area is 97.6 Å². The highest BCUT2D eigenvalue weighted by Crippen LogP contribution is 2.50. The summed E-state index contributed by atoms with van der Waals surface area (Å²) in [5.41, 5.74) is 0. The van der Waals surface area contributed by atoms with Gasteiger partial charge in [0.15, 0.2) is 0 Å². The first-order chi connectivity index (χ1) is 7.60. The van der Waals surface area contributed by atoms with Gasteiger partial charge in [-0.1, -0.05) is 27.2 Å². The third kappa shape index (κ3) is 1.71. The molecule has 0 spiro atoms. The fraction of sp³-hybridized carbons (Fsp3) is 0.846. The number of hydrogen-bond donors (Lipinski definition) is 0. The molecular formula is C13H20N2O. The molecule has 2 aliphatic rings. The number of amides is 1. The van der Waals surface area contributed by atoms with Crippen LogP contribution in [0.2, 0.25) is 0 Å². The largest absolute Gasteiger partial charge is 0.303 e. The van der Waals surface area contributed by atoms with Crippen molar-refractivity contribution in [3.63, 3.8) is 0 Å². The van der Waals surface area contributed by atoms with E-state index in [1.165, 1.54) is 0 Å². The maximum Gasteiger partial charge on any atom is 0.303 e. The molecule has 1 saturated carbocycles. The average molecular weight is 220 g/mol. The zero-order valence-corrected chi connectivity index (χ0v) is 10.3. The molecule has 0 aromatic rings. The Balaban J connectivity index is 2.03. The van der Waals surface area contributed by atoms with Gasteiger partial charge in [-0.25, -0.2) is 6.57 Å². The van der Waals surface area contributed by atoms with E-state index in [0.29, 0.717) is 17.8 Å². The number of nitrogens with zero attached hydrogens (tertiary/aromatic N) is 2. The molecular weight excluding hydrogens is 200 g/mol. The maximum atomic E-state index is 12.3. The van der Waals surface area contributed by atoms with Crippen molar-refractivity contribution in [1.82, 2.24) is 4.90 Å². The third-order valence-corrected chi connectivity index (χ3v) is 4.41. The van der Waals surface area contributed by atoms with Gasteiger partial charge in [-0.15, -0.1) is 0 Å². The second kappa shape index (κ2) is 4.08. The van der Waals surface area contributed by atoms with Gasteiger partial charge in [-0.3, -0.25) is 14.5 Å². The van der Waals surface area contributed by atoms with Gasteiger partial charge < -0.3 is 0 Å². The SMILES string of the molecule is [C-]#[N+][C@@H]1[C@@H]2C[C@@H]2CN1C(=O)[C@@H](C)C(C)CC. The minimum Gasteiger partial charge on any atom is -0.289 e. The summed E-state index contributed by atoms with van der Waals surface area (Å²) in [6, 6.07) is 0. The summed E-state index contributed by atoms with van der Waals surface area (Å²) in [5, 5.41) is 0. The molecule has 3 nitrogen and oxygen atoms in total. The molecule has 16 heavy (non-hydrogen) atoms. The molecule has 1 aliphatic heterocycles. The number of rotatable bonds is 3. The molecule has 88 valence electrons. The molecule has 0 radical (unpaired) electrons. The molecule has 0 aromatic carbocycles. The minimum atomic E-state index is -0.149. The number of fused-ring (bicyclic) bond motifs is 1. The molecule has 1 aliphatic carbocycles. The lowest BCUT2D eigenvalue weighted by Crippen LogP contribution is -2.41. The van der Waals surface area contributed by atoms with Crippen molar-refractivity contribution in [3.8, 4) is 0 Å². The Kier molecular flexibility index (Phi) is 2.92. The summed E-state index contributed by atoms with van der Waals surface area (Å²) in [5.74, 6) is 1.79. The fourth-order valence-electron chi connectivity index (χ4n) is 2.68. The minimum absolute atomic E-state index is 0.0618. The Hall–Kier alpha value is -1.04. The Morgan fingerprint density at radius 3 is 2.81 bits per heavy atom. The molecule has 0 bridgehead atoms. The second-order valence-corrected chi connectivity index (χ2v) is 5.37. The molecule has 1 saturated heterocycles. The van der Waals surface area contributed by atoms with Crippen molar-refractivity contribution in [2.45, 2.75) is 39.8 Å². The molecule has 1 amide bonds. The third-order valence-electron chi connectivity index (χ3n) is 4.41. The van der Waals surface area contributed by atoms with Crippen LogP contribution in [-0.2, 0) is 4.79 Å². The number of hydrogen-bond acceptors (Lipinski definition) is 1. The topological polar surface area (TPSA) is 24.7 Å². The van der Waals surface area contributed by atoms with Crippen LogP contribution in [0.15, 0.2) is 0 Å². The first-order valence-corrected chi connectivity index (χ1v) is 6.27. The normalized spacial score (nSPS) is 35.1. The zero-order valence-electron chi connectivity index (χ0n) is 10.3. The maximum absolute atomic E-state index is 12.3.